The van der Waals surface area contributed by atoms with Crippen molar-refractivity contribution < 1.29 is 37.3 Å². The lowest BCUT2D eigenvalue weighted by molar-refractivity contribution is -0.136. The van der Waals surface area contributed by atoms with Gasteiger partial charge in [-0.15, -0.1) is 0 Å². The van der Waals surface area contributed by atoms with Crippen LogP contribution in [0.15, 0.2) is 41.5 Å². The molecule has 0 spiro atoms. The summed E-state index contributed by atoms with van der Waals surface area (Å²) in [5.41, 5.74) is -0.128. The smallest absolute Gasteiger partial charge is 0.420 e. The van der Waals surface area contributed by atoms with Crippen LogP contribution >= 0.6 is 0 Å². The normalized spacial score (nSPS) is 14.1. The van der Waals surface area contributed by atoms with Crippen LogP contribution in [0.2, 0.25) is 0 Å². The fourth-order valence-electron chi connectivity index (χ4n) is 3.40. The molecule has 3 aromatic heterocycles. The highest BCUT2D eigenvalue weighted by atomic mass is 19.4. The minimum absolute atomic E-state index is 0.114. The molecular weight excluding hydrogens is 417 g/mol. The standard InChI is InChI=1S/C21H23F3N2O5/c1-30-20(29)13(11-27)3-2-4-17(28)8-16-10-26-9-15(14-5-6-31-12-14)7-18(19(26)25-16)21(22,23)24/h5-7,9-10,12-13,20,27,29H,2-4,8,11H2,1H3. The van der Waals surface area contributed by atoms with Crippen LogP contribution in [-0.2, 0) is 22.1 Å². The number of ketones is 1. The minimum Gasteiger partial charge on any atom is -0.472 e. The largest absolute Gasteiger partial charge is 0.472 e. The summed E-state index contributed by atoms with van der Waals surface area (Å²) >= 11 is 0. The van der Waals surface area contributed by atoms with Gasteiger partial charge in [0.25, 0.3) is 0 Å². The van der Waals surface area contributed by atoms with Crippen LogP contribution in [0.5, 0.6) is 0 Å². The average Bonchev–Trinajstić information content (AvgIpc) is 3.38. The lowest BCUT2D eigenvalue weighted by atomic mass is 10.00. The van der Waals surface area contributed by atoms with Gasteiger partial charge in [-0.25, -0.2) is 4.98 Å². The Morgan fingerprint density at radius 1 is 1.32 bits per heavy atom. The molecule has 7 nitrogen and oxygen atoms in total. The van der Waals surface area contributed by atoms with E-state index < -0.39 is 23.9 Å². The Kier molecular flexibility index (Phi) is 7.14. The summed E-state index contributed by atoms with van der Waals surface area (Å²) in [5, 5.41) is 18.9. The third kappa shape index (κ3) is 5.52. The van der Waals surface area contributed by atoms with Crippen LogP contribution in [0.25, 0.3) is 16.8 Å². The van der Waals surface area contributed by atoms with Crippen LogP contribution in [0, 0.1) is 5.92 Å². The number of ether oxygens (including phenoxy) is 1. The molecule has 2 unspecified atom stereocenters. The van der Waals surface area contributed by atoms with Gasteiger partial charge in [0, 0.05) is 43.0 Å². The Bertz CT molecular complexity index is 1010. The molecule has 168 valence electrons. The zero-order chi connectivity index (χ0) is 22.6. The molecule has 31 heavy (non-hydrogen) atoms. The number of imidazole rings is 1. The van der Waals surface area contributed by atoms with Gasteiger partial charge in [0.15, 0.2) is 6.29 Å². The van der Waals surface area contributed by atoms with Crippen molar-refractivity contribution >= 4 is 11.4 Å². The molecule has 0 saturated heterocycles. The SMILES string of the molecule is COC(O)C(CO)CCCC(=O)Cc1cn2cc(-c3ccoc3)cc(C(F)(F)F)c2n1. The molecule has 3 aromatic rings. The van der Waals surface area contributed by atoms with E-state index in [0.29, 0.717) is 24.0 Å². The first-order valence-corrected chi connectivity index (χ1v) is 9.67. The number of furan rings is 1. The van der Waals surface area contributed by atoms with E-state index in [-0.39, 0.29) is 36.6 Å². The van der Waals surface area contributed by atoms with E-state index >= 15 is 0 Å². The number of nitrogens with zero attached hydrogens (tertiary/aromatic N) is 2. The third-order valence-electron chi connectivity index (χ3n) is 5.05. The van der Waals surface area contributed by atoms with E-state index in [4.69, 9.17) is 9.15 Å². The molecule has 2 atom stereocenters. The number of aliphatic hydroxyl groups excluding tert-OH is 2. The van der Waals surface area contributed by atoms with E-state index in [0.717, 1.165) is 6.07 Å². The van der Waals surface area contributed by atoms with Crippen molar-refractivity contribution in [2.45, 2.75) is 38.1 Å². The first-order valence-electron chi connectivity index (χ1n) is 9.67. The number of aromatic nitrogens is 2. The monoisotopic (exact) mass is 440 g/mol. The zero-order valence-corrected chi connectivity index (χ0v) is 16.8. The molecule has 10 heteroatoms. The predicted molar refractivity (Wildman–Crippen MR) is 104 cm³/mol. The molecule has 0 aromatic carbocycles. The van der Waals surface area contributed by atoms with Crippen LogP contribution in [0.3, 0.4) is 0 Å². The summed E-state index contributed by atoms with van der Waals surface area (Å²) in [5.74, 6) is -0.709. The quantitative estimate of drug-likeness (QED) is 0.469. The lowest BCUT2D eigenvalue weighted by Crippen LogP contribution is -2.25. The van der Waals surface area contributed by atoms with Gasteiger partial charge in [0.2, 0.25) is 0 Å². The zero-order valence-electron chi connectivity index (χ0n) is 16.8. The van der Waals surface area contributed by atoms with E-state index in [1.54, 1.807) is 6.07 Å². The second-order valence-electron chi connectivity index (χ2n) is 7.29. The van der Waals surface area contributed by atoms with Gasteiger partial charge in [-0.1, -0.05) is 0 Å². The average molecular weight is 440 g/mol. The topological polar surface area (TPSA) is 97.2 Å². The van der Waals surface area contributed by atoms with Gasteiger partial charge >= 0.3 is 6.18 Å². The molecule has 3 heterocycles. The molecule has 0 radical (unpaired) electrons. The molecule has 3 rings (SSSR count). The second kappa shape index (κ2) is 9.63. The Hall–Kier alpha value is -2.69. The van der Waals surface area contributed by atoms with Gasteiger partial charge in [0.05, 0.1) is 36.8 Å². The van der Waals surface area contributed by atoms with Crippen molar-refractivity contribution in [1.29, 1.82) is 0 Å². The number of fused-ring (bicyclic) bond motifs is 1. The Balaban J connectivity index is 1.75. The molecule has 2 N–H and O–H groups in total. The van der Waals surface area contributed by atoms with E-state index in [2.05, 4.69) is 4.98 Å². The maximum Gasteiger partial charge on any atom is 0.420 e. The fourth-order valence-corrected chi connectivity index (χ4v) is 3.40. The maximum absolute atomic E-state index is 13.6. The van der Waals surface area contributed by atoms with Gasteiger partial charge < -0.3 is 23.8 Å². The number of carbonyl (C=O) groups excluding carboxylic acids is 1. The van der Waals surface area contributed by atoms with Gasteiger partial charge in [-0.05, 0) is 25.0 Å². The Labute approximate surface area is 176 Å². The van der Waals surface area contributed by atoms with Crippen LogP contribution < -0.4 is 0 Å². The highest BCUT2D eigenvalue weighted by molar-refractivity contribution is 5.80. The van der Waals surface area contributed by atoms with Crippen molar-refractivity contribution in [3.8, 4) is 11.1 Å². The van der Waals surface area contributed by atoms with Crippen molar-refractivity contribution in [1.82, 2.24) is 9.38 Å². The molecule has 0 bridgehead atoms. The summed E-state index contributed by atoms with van der Waals surface area (Å²) in [4.78, 5) is 16.3. The number of aliphatic hydroxyl groups is 2. The minimum atomic E-state index is -4.62. The van der Waals surface area contributed by atoms with Crippen molar-refractivity contribution in [3.63, 3.8) is 0 Å². The first kappa shape index (κ1) is 23.0. The van der Waals surface area contributed by atoms with Gasteiger partial charge in [-0.3, -0.25) is 4.79 Å². The van der Waals surface area contributed by atoms with E-state index in [1.807, 2.05) is 0 Å². The highest BCUT2D eigenvalue weighted by Gasteiger charge is 2.35. The molecule has 0 amide bonds. The van der Waals surface area contributed by atoms with Crippen LogP contribution in [0.1, 0.15) is 30.5 Å². The van der Waals surface area contributed by atoms with Crippen molar-refractivity contribution in [2.75, 3.05) is 13.7 Å². The molecule has 0 aliphatic heterocycles. The predicted octanol–water partition coefficient (Wildman–Crippen LogP) is 3.47. The number of halogens is 3. The van der Waals surface area contributed by atoms with Crippen molar-refractivity contribution in [3.05, 3.63) is 48.3 Å². The first-order chi connectivity index (χ1) is 14.7. The summed E-state index contributed by atoms with van der Waals surface area (Å²) < 4.78 is 51.8. The van der Waals surface area contributed by atoms with Crippen molar-refractivity contribution in [2.24, 2.45) is 5.92 Å². The maximum atomic E-state index is 13.6. The third-order valence-corrected chi connectivity index (χ3v) is 5.05. The number of pyridine rings is 1. The van der Waals surface area contributed by atoms with Crippen LogP contribution in [0.4, 0.5) is 13.2 Å². The highest BCUT2D eigenvalue weighted by Crippen LogP contribution is 2.35. The van der Waals surface area contributed by atoms with E-state index in [9.17, 15) is 28.2 Å². The number of carbonyl (C=O) groups is 1. The van der Waals surface area contributed by atoms with Gasteiger partial charge in [0.1, 0.15) is 11.4 Å². The summed E-state index contributed by atoms with van der Waals surface area (Å²) in [7, 11) is 1.31. The van der Waals surface area contributed by atoms with Gasteiger partial charge in [-0.2, -0.15) is 13.2 Å². The molecule has 0 aliphatic rings. The summed E-state index contributed by atoms with van der Waals surface area (Å²) in [6.07, 6.45) is 0.708. The molecule has 0 fully saturated rings. The number of methoxy groups -OCH3 is 1. The van der Waals surface area contributed by atoms with Crippen LogP contribution in [-0.4, -0.2) is 45.4 Å². The summed E-state index contributed by atoms with van der Waals surface area (Å²) in [6, 6.07) is 2.57. The Morgan fingerprint density at radius 3 is 2.71 bits per heavy atom. The number of Topliss-reactive ketones (excluding diaryl/α,β-unsaturated/α-hetero) is 1. The fraction of sp³-hybridized carbons (Fsp3) is 0.429. The van der Waals surface area contributed by atoms with E-state index in [1.165, 1.54) is 36.4 Å². The second-order valence-corrected chi connectivity index (χ2v) is 7.29. The number of hydrogen-bond acceptors (Lipinski definition) is 6. The lowest BCUT2D eigenvalue weighted by Gasteiger charge is -2.18. The number of hydrogen-bond donors (Lipinski definition) is 2. The Morgan fingerprint density at radius 2 is 2.10 bits per heavy atom. The number of alkyl halides is 3. The molecule has 0 saturated carbocycles. The summed E-state index contributed by atoms with van der Waals surface area (Å²) in [6.45, 7) is -0.283. The molecular formula is C21H23F3N2O5. The number of rotatable bonds is 10. The molecule has 0 aliphatic carbocycles.